The molecule has 162 valence electrons. The number of carbonyl (C=O) groups is 2. The molecule has 0 aromatic rings. The van der Waals surface area contributed by atoms with E-state index in [4.69, 9.17) is 9.47 Å². The van der Waals surface area contributed by atoms with Crippen LogP contribution in [-0.2, 0) is 19.1 Å². The average Bonchev–Trinajstić information content (AvgIpc) is 3.00. The quantitative estimate of drug-likeness (QED) is 0.339. The number of aliphatic carboxylic acids is 1. The third-order valence-electron chi connectivity index (χ3n) is 7.81. The second-order valence-electron chi connectivity index (χ2n) is 9.61. The Morgan fingerprint density at radius 1 is 1.38 bits per heavy atom. The van der Waals surface area contributed by atoms with Crippen LogP contribution < -0.4 is 0 Å². The first-order valence-corrected chi connectivity index (χ1v) is 11.2. The number of cyclic esters (lactones) is 1. The molecular formula is C24H36O5. The minimum atomic E-state index is -0.672. The van der Waals surface area contributed by atoms with Crippen LogP contribution in [0, 0.1) is 22.7 Å². The lowest BCUT2D eigenvalue weighted by Gasteiger charge is -2.57. The fourth-order valence-corrected chi connectivity index (χ4v) is 6.10. The van der Waals surface area contributed by atoms with E-state index < -0.39 is 17.7 Å². The molecule has 5 nitrogen and oxygen atoms in total. The van der Waals surface area contributed by atoms with E-state index in [1.54, 1.807) is 0 Å². The minimum absolute atomic E-state index is 0.0825. The van der Waals surface area contributed by atoms with Crippen molar-refractivity contribution in [1.29, 1.82) is 0 Å². The summed E-state index contributed by atoms with van der Waals surface area (Å²) in [6, 6.07) is 0. The Morgan fingerprint density at radius 2 is 2.14 bits per heavy atom. The molecule has 2 saturated carbocycles. The third-order valence-corrected chi connectivity index (χ3v) is 7.81. The van der Waals surface area contributed by atoms with Crippen molar-refractivity contribution in [2.75, 3.05) is 6.61 Å². The maximum absolute atomic E-state index is 12.3. The average molecular weight is 405 g/mol. The van der Waals surface area contributed by atoms with Gasteiger partial charge in [-0.05, 0) is 75.2 Å². The number of carbonyl (C=O) groups excluding carboxylic acids is 1. The molecule has 5 atom stereocenters. The lowest BCUT2D eigenvalue weighted by molar-refractivity contribution is -0.164. The Labute approximate surface area is 174 Å². The fraction of sp³-hybridized carbons (Fsp3) is 0.750. The van der Waals surface area contributed by atoms with Crippen LogP contribution >= 0.6 is 0 Å². The SMILES string of the molecule is C=C1CCC2C(C)(C(=O)O)CCCC2(C)C1CCC1=CC(OCCCC)OC1=O. The first kappa shape index (κ1) is 22.1. The van der Waals surface area contributed by atoms with Crippen molar-refractivity contribution in [3.8, 4) is 0 Å². The number of fused-ring (bicyclic) bond motifs is 1. The van der Waals surface area contributed by atoms with Gasteiger partial charge in [0.05, 0.1) is 12.0 Å². The van der Waals surface area contributed by atoms with Crippen molar-refractivity contribution < 1.29 is 24.2 Å². The number of carboxylic acid groups (broad SMARTS) is 1. The first-order chi connectivity index (χ1) is 13.7. The molecule has 0 bridgehead atoms. The van der Waals surface area contributed by atoms with E-state index in [2.05, 4.69) is 20.4 Å². The van der Waals surface area contributed by atoms with Gasteiger partial charge in [-0.2, -0.15) is 0 Å². The van der Waals surface area contributed by atoms with Crippen LogP contribution in [0.5, 0.6) is 0 Å². The maximum Gasteiger partial charge on any atom is 0.336 e. The molecule has 0 amide bonds. The van der Waals surface area contributed by atoms with E-state index in [0.717, 1.165) is 51.4 Å². The summed E-state index contributed by atoms with van der Waals surface area (Å²) >= 11 is 0. The molecule has 2 fully saturated rings. The van der Waals surface area contributed by atoms with E-state index in [9.17, 15) is 14.7 Å². The Hall–Kier alpha value is -1.62. The molecular weight excluding hydrogens is 368 g/mol. The van der Waals surface area contributed by atoms with E-state index in [1.807, 2.05) is 13.0 Å². The Balaban J connectivity index is 1.71. The first-order valence-electron chi connectivity index (χ1n) is 11.2. The zero-order chi connectivity index (χ0) is 21.2. The van der Waals surface area contributed by atoms with Gasteiger partial charge in [-0.3, -0.25) is 4.79 Å². The molecule has 1 N–H and O–H groups in total. The molecule has 0 saturated heterocycles. The van der Waals surface area contributed by atoms with Gasteiger partial charge in [-0.15, -0.1) is 0 Å². The highest BCUT2D eigenvalue weighted by molar-refractivity contribution is 5.90. The van der Waals surface area contributed by atoms with Gasteiger partial charge in [0.1, 0.15) is 0 Å². The van der Waals surface area contributed by atoms with Crippen molar-refractivity contribution in [2.24, 2.45) is 22.7 Å². The molecule has 1 aliphatic heterocycles. The standard InChI is InChI=1S/C24H36O5/c1-5-6-14-28-20-15-17(21(25)29-20)9-10-18-16(2)8-11-19-23(18,3)12-7-13-24(19,4)22(26)27/h15,18-20H,2,5-14H2,1,3-4H3,(H,26,27). The van der Waals surface area contributed by atoms with Gasteiger partial charge in [-0.25, -0.2) is 4.79 Å². The lowest BCUT2D eigenvalue weighted by Crippen LogP contribution is -2.53. The van der Waals surface area contributed by atoms with Gasteiger partial charge < -0.3 is 14.6 Å². The molecule has 29 heavy (non-hydrogen) atoms. The van der Waals surface area contributed by atoms with E-state index in [-0.39, 0.29) is 23.2 Å². The summed E-state index contributed by atoms with van der Waals surface area (Å²) in [5.41, 5.74) is 1.14. The van der Waals surface area contributed by atoms with E-state index in [0.29, 0.717) is 18.6 Å². The zero-order valence-corrected chi connectivity index (χ0v) is 18.2. The second-order valence-corrected chi connectivity index (χ2v) is 9.61. The number of esters is 1. The summed E-state index contributed by atoms with van der Waals surface area (Å²) < 4.78 is 10.9. The third kappa shape index (κ3) is 4.16. The van der Waals surface area contributed by atoms with Crippen LogP contribution in [-0.4, -0.2) is 29.9 Å². The highest BCUT2D eigenvalue weighted by atomic mass is 16.7. The molecule has 5 heteroatoms. The molecule has 0 aromatic heterocycles. The fourth-order valence-electron chi connectivity index (χ4n) is 6.10. The van der Waals surface area contributed by atoms with Crippen molar-refractivity contribution >= 4 is 11.9 Å². The summed E-state index contributed by atoms with van der Waals surface area (Å²) in [6.07, 6.45) is 9.14. The van der Waals surface area contributed by atoms with Gasteiger partial charge in [0, 0.05) is 5.57 Å². The largest absolute Gasteiger partial charge is 0.481 e. The summed E-state index contributed by atoms with van der Waals surface area (Å²) in [4.78, 5) is 24.4. The monoisotopic (exact) mass is 404 g/mol. The highest BCUT2D eigenvalue weighted by Gasteiger charge is 2.57. The molecule has 2 aliphatic carbocycles. The summed E-state index contributed by atoms with van der Waals surface area (Å²) in [6.45, 7) is 11.2. The van der Waals surface area contributed by atoms with Crippen LogP contribution in [0.3, 0.4) is 0 Å². The predicted octanol–water partition coefficient (Wildman–Crippen LogP) is 5.26. The molecule has 5 unspecified atom stereocenters. The van der Waals surface area contributed by atoms with Crippen LogP contribution in [0.2, 0.25) is 0 Å². The van der Waals surface area contributed by atoms with Crippen molar-refractivity contribution in [1.82, 2.24) is 0 Å². The van der Waals surface area contributed by atoms with Crippen LogP contribution in [0.15, 0.2) is 23.8 Å². The predicted molar refractivity (Wildman–Crippen MR) is 111 cm³/mol. The lowest BCUT2D eigenvalue weighted by atomic mass is 9.46. The van der Waals surface area contributed by atoms with Gasteiger partial charge >= 0.3 is 11.9 Å². The number of ether oxygens (including phenoxy) is 2. The summed E-state index contributed by atoms with van der Waals surface area (Å²) in [7, 11) is 0. The normalized spacial score (nSPS) is 37.1. The highest BCUT2D eigenvalue weighted by Crippen LogP contribution is 2.62. The van der Waals surface area contributed by atoms with Crippen LogP contribution in [0.25, 0.3) is 0 Å². The molecule has 3 rings (SSSR count). The molecule has 0 aromatic carbocycles. The maximum atomic E-state index is 12.3. The summed E-state index contributed by atoms with van der Waals surface area (Å²) in [5.74, 6) is -0.581. The molecule has 3 aliphatic rings. The number of hydrogen-bond acceptors (Lipinski definition) is 4. The van der Waals surface area contributed by atoms with Crippen LogP contribution in [0.4, 0.5) is 0 Å². The van der Waals surface area contributed by atoms with Crippen LogP contribution in [0.1, 0.15) is 78.6 Å². The number of carboxylic acids is 1. The Morgan fingerprint density at radius 3 is 2.83 bits per heavy atom. The molecule has 0 spiro atoms. The zero-order valence-electron chi connectivity index (χ0n) is 18.2. The number of allylic oxidation sites excluding steroid dienone is 1. The van der Waals surface area contributed by atoms with Gasteiger partial charge in [0.15, 0.2) is 0 Å². The number of unbranched alkanes of at least 4 members (excludes halogenated alkanes) is 1. The van der Waals surface area contributed by atoms with E-state index in [1.165, 1.54) is 5.57 Å². The number of rotatable bonds is 8. The summed E-state index contributed by atoms with van der Waals surface area (Å²) in [5, 5.41) is 9.95. The van der Waals surface area contributed by atoms with E-state index >= 15 is 0 Å². The molecule has 1 heterocycles. The second kappa shape index (κ2) is 8.63. The van der Waals surface area contributed by atoms with Gasteiger partial charge in [0.25, 0.3) is 0 Å². The topological polar surface area (TPSA) is 72.8 Å². The van der Waals surface area contributed by atoms with Gasteiger partial charge in [0.2, 0.25) is 6.29 Å². The van der Waals surface area contributed by atoms with Crippen molar-refractivity contribution in [2.45, 2.75) is 84.8 Å². The molecule has 0 radical (unpaired) electrons. The minimum Gasteiger partial charge on any atom is -0.481 e. The Bertz CT molecular complexity index is 695. The Kier molecular flexibility index (Phi) is 6.57. The smallest absolute Gasteiger partial charge is 0.336 e. The van der Waals surface area contributed by atoms with Crippen molar-refractivity contribution in [3.05, 3.63) is 23.8 Å². The van der Waals surface area contributed by atoms with Gasteiger partial charge in [-0.1, -0.05) is 38.8 Å². The number of hydrogen-bond donors (Lipinski definition) is 1. The van der Waals surface area contributed by atoms with Crippen molar-refractivity contribution in [3.63, 3.8) is 0 Å².